The van der Waals surface area contributed by atoms with Gasteiger partial charge in [-0.1, -0.05) is 11.6 Å². The highest BCUT2D eigenvalue weighted by atomic mass is 14.8. The van der Waals surface area contributed by atoms with Crippen molar-refractivity contribution >= 4 is 0 Å². The molecule has 0 aromatic heterocycles. The summed E-state index contributed by atoms with van der Waals surface area (Å²) in [7, 11) is 0. The average Bonchev–Trinajstić information content (AvgIpc) is 1.90. The van der Waals surface area contributed by atoms with Crippen LogP contribution in [0.2, 0.25) is 0 Å². The molecule has 0 fully saturated rings. The monoisotopic (exact) mass is 110 g/mol. The van der Waals surface area contributed by atoms with Crippen LogP contribution in [0.1, 0.15) is 12.8 Å². The van der Waals surface area contributed by atoms with Gasteiger partial charge in [0.05, 0.1) is 0 Å². The number of nitrogens with one attached hydrogen (secondary N) is 1. The molecule has 1 heterocycles. The van der Waals surface area contributed by atoms with Crippen molar-refractivity contribution in [1.29, 1.82) is 0 Å². The molecule has 1 N–H and O–H groups in total. The molecule has 1 radical (unpaired) electrons. The van der Waals surface area contributed by atoms with Gasteiger partial charge >= 0.3 is 0 Å². The second-order valence-corrected chi connectivity index (χ2v) is 2.07. The van der Waals surface area contributed by atoms with E-state index in [1.807, 2.05) is 0 Å². The first-order chi connectivity index (χ1) is 3.93. The first-order valence-corrected chi connectivity index (χ1v) is 3.11. The zero-order valence-corrected chi connectivity index (χ0v) is 5.11. The topological polar surface area (TPSA) is 12.0 Å². The van der Waals surface area contributed by atoms with E-state index < -0.39 is 0 Å². The molecule has 0 aliphatic carbocycles. The fourth-order valence-corrected chi connectivity index (χ4v) is 0.897. The maximum absolute atomic E-state index is 3.81. The van der Waals surface area contributed by atoms with E-state index in [1.54, 1.807) is 0 Å². The Hall–Kier alpha value is -0.300. The lowest BCUT2D eigenvalue weighted by molar-refractivity contribution is 0.694. The van der Waals surface area contributed by atoms with E-state index in [1.165, 1.54) is 12.0 Å². The van der Waals surface area contributed by atoms with Gasteiger partial charge in [-0.15, -0.1) is 0 Å². The lowest BCUT2D eigenvalue weighted by Gasteiger charge is -2.10. The van der Waals surface area contributed by atoms with Crippen LogP contribution < -0.4 is 5.32 Å². The van der Waals surface area contributed by atoms with E-state index in [-0.39, 0.29) is 0 Å². The van der Waals surface area contributed by atoms with Crippen LogP contribution in [-0.4, -0.2) is 13.1 Å². The van der Waals surface area contributed by atoms with Crippen LogP contribution in [0.4, 0.5) is 0 Å². The first kappa shape index (κ1) is 5.83. The zero-order valence-electron chi connectivity index (χ0n) is 5.11. The first-order valence-electron chi connectivity index (χ1n) is 3.11. The van der Waals surface area contributed by atoms with Crippen LogP contribution in [0.3, 0.4) is 0 Å². The van der Waals surface area contributed by atoms with Crippen molar-refractivity contribution in [1.82, 2.24) is 5.32 Å². The van der Waals surface area contributed by atoms with Gasteiger partial charge in [-0.25, -0.2) is 0 Å². The summed E-state index contributed by atoms with van der Waals surface area (Å²) in [5.41, 5.74) is 1.50. The predicted molar refractivity (Wildman–Crippen MR) is 35.5 cm³/mol. The Balaban J connectivity index is 2.37. The van der Waals surface area contributed by atoms with Crippen molar-refractivity contribution in [3.05, 3.63) is 18.6 Å². The summed E-state index contributed by atoms with van der Waals surface area (Å²) in [6.07, 6.45) is 4.42. The fraction of sp³-hybridized carbons (Fsp3) is 0.571. The van der Waals surface area contributed by atoms with Gasteiger partial charge in [0, 0.05) is 6.54 Å². The van der Waals surface area contributed by atoms with Crippen molar-refractivity contribution < 1.29 is 0 Å². The van der Waals surface area contributed by atoms with Crippen LogP contribution in [0.25, 0.3) is 0 Å². The number of rotatable bonds is 1. The van der Waals surface area contributed by atoms with E-state index in [0.717, 1.165) is 19.5 Å². The van der Waals surface area contributed by atoms with Crippen LogP contribution >= 0.6 is 0 Å². The third-order valence-corrected chi connectivity index (χ3v) is 1.48. The molecule has 0 aromatic carbocycles. The molecule has 45 valence electrons. The molecule has 0 aromatic rings. The molecule has 1 rings (SSSR count). The van der Waals surface area contributed by atoms with E-state index >= 15 is 0 Å². The summed E-state index contributed by atoms with van der Waals surface area (Å²) < 4.78 is 0. The molecule has 1 aliphatic rings. The fourth-order valence-electron chi connectivity index (χ4n) is 0.897. The smallest absolute Gasteiger partial charge is 0.0137 e. The molecule has 1 heteroatoms. The van der Waals surface area contributed by atoms with Crippen molar-refractivity contribution in [3.8, 4) is 0 Å². The SMILES string of the molecule is [CH2]CC1=CCNCC1. The van der Waals surface area contributed by atoms with Gasteiger partial charge < -0.3 is 5.32 Å². The summed E-state index contributed by atoms with van der Waals surface area (Å²) in [6.45, 7) is 6.00. The molecule has 0 bridgehead atoms. The Bertz CT molecular complexity index is 94.6. The number of hydrogen-bond acceptors (Lipinski definition) is 1. The van der Waals surface area contributed by atoms with Crippen LogP contribution in [0.5, 0.6) is 0 Å². The van der Waals surface area contributed by atoms with Gasteiger partial charge in [-0.05, 0) is 26.3 Å². The number of hydrogen-bond donors (Lipinski definition) is 1. The van der Waals surface area contributed by atoms with Crippen molar-refractivity contribution in [2.45, 2.75) is 12.8 Å². The molecular weight excluding hydrogens is 98.1 g/mol. The highest BCUT2D eigenvalue weighted by Crippen LogP contribution is 2.06. The van der Waals surface area contributed by atoms with Crippen LogP contribution in [-0.2, 0) is 0 Å². The maximum Gasteiger partial charge on any atom is 0.0137 e. The highest BCUT2D eigenvalue weighted by Gasteiger charge is 1.97. The maximum atomic E-state index is 3.81. The summed E-state index contributed by atoms with van der Waals surface area (Å²) in [5, 5.41) is 3.24. The predicted octanol–water partition coefficient (Wildman–Crippen LogP) is 1.13. The minimum atomic E-state index is 0.988. The molecule has 0 saturated heterocycles. The van der Waals surface area contributed by atoms with Gasteiger partial charge in [0.15, 0.2) is 0 Å². The van der Waals surface area contributed by atoms with Gasteiger partial charge in [0.2, 0.25) is 0 Å². The van der Waals surface area contributed by atoms with Crippen LogP contribution in [0.15, 0.2) is 11.6 Å². The largest absolute Gasteiger partial charge is 0.313 e. The molecular formula is C7H12N. The Kier molecular flexibility index (Phi) is 2.10. The van der Waals surface area contributed by atoms with Crippen molar-refractivity contribution in [3.63, 3.8) is 0 Å². The minimum Gasteiger partial charge on any atom is -0.313 e. The van der Waals surface area contributed by atoms with E-state index in [2.05, 4.69) is 18.3 Å². The second kappa shape index (κ2) is 2.88. The van der Waals surface area contributed by atoms with Crippen molar-refractivity contribution in [2.24, 2.45) is 0 Å². The Morgan fingerprint density at radius 1 is 1.75 bits per heavy atom. The van der Waals surface area contributed by atoms with Crippen LogP contribution in [0, 0.1) is 6.92 Å². The zero-order chi connectivity index (χ0) is 5.82. The Morgan fingerprint density at radius 2 is 2.62 bits per heavy atom. The van der Waals surface area contributed by atoms with E-state index in [4.69, 9.17) is 0 Å². The third kappa shape index (κ3) is 1.34. The quantitative estimate of drug-likeness (QED) is 0.499. The molecule has 0 saturated carbocycles. The van der Waals surface area contributed by atoms with Gasteiger partial charge in [0.25, 0.3) is 0 Å². The molecule has 0 atom stereocenters. The summed E-state index contributed by atoms with van der Waals surface area (Å²) in [4.78, 5) is 0. The second-order valence-electron chi connectivity index (χ2n) is 2.07. The van der Waals surface area contributed by atoms with Gasteiger partial charge in [0.1, 0.15) is 0 Å². The lowest BCUT2D eigenvalue weighted by atomic mass is 10.1. The molecule has 0 amide bonds. The normalized spacial score (nSPS) is 20.4. The van der Waals surface area contributed by atoms with E-state index in [9.17, 15) is 0 Å². The summed E-state index contributed by atoms with van der Waals surface area (Å²) in [5.74, 6) is 0. The van der Waals surface area contributed by atoms with Crippen molar-refractivity contribution in [2.75, 3.05) is 13.1 Å². The van der Waals surface area contributed by atoms with E-state index in [0.29, 0.717) is 0 Å². The Morgan fingerprint density at radius 3 is 3.00 bits per heavy atom. The molecule has 0 unspecified atom stereocenters. The Labute approximate surface area is 50.8 Å². The van der Waals surface area contributed by atoms with Gasteiger partial charge in [-0.3, -0.25) is 0 Å². The average molecular weight is 110 g/mol. The minimum absolute atomic E-state index is 0.988. The molecule has 1 aliphatic heterocycles. The molecule has 8 heavy (non-hydrogen) atoms. The highest BCUT2D eigenvalue weighted by molar-refractivity contribution is 5.06. The molecule has 0 spiro atoms. The van der Waals surface area contributed by atoms with Gasteiger partial charge in [-0.2, -0.15) is 0 Å². The standard InChI is InChI=1S/C7H12N/c1-2-7-3-5-8-6-4-7/h3,8H,1-2,4-6H2. The third-order valence-electron chi connectivity index (χ3n) is 1.48. The molecule has 1 nitrogen and oxygen atoms in total. The lowest BCUT2D eigenvalue weighted by Crippen LogP contribution is -2.20. The summed E-state index contributed by atoms with van der Waals surface area (Å²) in [6, 6.07) is 0. The summed E-state index contributed by atoms with van der Waals surface area (Å²) >= 11 is 0.